The summed E-state index contributed by atoms with van der Waals surface area (Å²) in [5, 5.41) is 11.4. The maximum atomic E-state index is 11.9. The van der Waals surface area contributed by atoms with Crippen molar-refractivity contribution >= 4 is 17.8 Å². The van der Waals surface area contributed by atoms with Crippen LogP contribution in [0.25, 0.3) is 0 Å². The minimum absolute atomic E-state index is 0.0393. The van der Waals surface area contributed by atoms with E-state index in [1.165, 1.54) is 12.1 Å². The van der Waals surface area contributed by atoms with Gasteiger partial charge in [0.1, 0.15) is 5.76 Å². The number of carbonyl (C=O) groups excluding carboxylic acids is 2. The van der Waals surface area contributed by atoms with Gasteiger partial charge in [0.15, 0.2) is 0 Å². The molecule has 20 heavy (non-hydrogen) atoms. The summed E-state index contributed by atoms with van der Waals surface area (Å²) in [7, 11) is 1.72. The van der Waals surface area contributed by atoms with Gasteiger partial charge in [-0.2, -0.15) is 0 Å². The van der Waals surface area contributed by atoms with Crippen LogP contribution < -0.4 is 5.32 Å². The number of piperidine rings is 1. The predicted octanol–water partition coefficient (Wildman–Crippen LogP) is 0.462. The molecule has 108 valence electrons. The van der Waals surface area contributed by atoms with Crippen molar-refractivity contribution in [2.45, 2.75) is 19.4 Å². The molecular formula is C13H16N2O5. The Kier molecular flexibility index (Phi) is 4.07. The monoisotopic (exact) mass is 280 g/mol. The van der Waals surface area contributed by atoms with E-state index in [-0.39, 0.29) is 36.5 Å². The van der Waals surface area contributed by atoms with Gasteiger partial charge in [-0.25, -0.2) is 4.79 Å². The number of aromatic carboxylic acids is 1. The summed E-state index contributed by atoms with van der Waals surface area (Å²) in [5.41, 5.74) is 0. The molecule has 0 aliphatic carbocycles. The Morgan fingerprint density at radius 3 is 2.85 bits per heavy atom. The molecule has 0 spiro atoms. The summed E-state index contributed by atoms with van der Waals surface area (Å²) in [6.07, 6.45) is 0.841. The molecule has 0 aromatic carbocycles. The summed E-state index contributed by atoms with van der Waals surface area (Å²) in [4.78, 5) is 35.7. The fourth-order valence-electron chi connectivity index (χ4n) is 2.07. The highest BCUT2D eigenvalue weighted by molar-refractivity contribution is 5.87. The molecule has 1 saturated heterocycles. The second-order valence-electron chi connectivity index (χ2n) is 4.79. The Balaban J connectivity index is 1.85. The van der Waals surface area contributed by atoms with Crippen LogP contribution in [-0.2, 0) is 16.1 Å². The molecule has 0 saturated carbocycles. The number of carboxylic acid groups (broad SMARTS) is 1. The largest absolute Gasteiger partial charge is 0.475 e. The number of carboxylic acids is 1. The summed E-state index contributed by atoms with van der Waals surface area (Å²) in [6, 6.07) is 2.84. The van der Waals surface area contributed by atoms with E-state index >= 15 is 0 Å². The molecular weight excluding hydrogens is 264 g/mol. The van der Waals surface area contributed by atoms with Crippen LogP contribution in [0.3, 0.4) is 0 Å². The van der Waals surface area contributed by atoms with E-state index in [1.54, 1.807) is 11.9 Å². The Labute approximate surface area is 115 Å². The molecule has 7 heteroatoms. The van der Waals surface area contributed by atoms with Crippen LogP contribution in [0.4, 0.5) is 0 Å². The van der Waals surface area contributed by atoms with E-state index in [2.05, 4.69) is 5.32 Å². The Bertz CT molecular complexity index is 537. The third kappa shape index (κ3) is 3.17. The Morgan fingerprint density at radius 2 is 2.25 bits per heavy atom. The molecule has 1 aliphatic heterocycles. The predicted molar refractivity (Wildman–Crippen MR) is 67.9 cm³/mol. The minimum Gasteiger partial charge on any atom is -0.475 e. The van der Waals surface area contributed by atoms with Crippen molar-refractivity contribution in [3.05, 3.63) is 23.7 Å². The van der Waals surface area contributed by atoms with Crippen LogP contribution >= 0.6 is 0 Å². The Hall–Kier alpha value is -2.31. The lowest BCUT2D eigenvalue weighted by molar-refractivity contribution is -0.139. The molecule has 2 heterocycles. The molecule has 0 bridgehead atoms. The molecule has 1 aromatic heterocycles. The smallest absolute Gasteiger partial charge is 0.371 e. The molecule has 7 nitrogen and oxygen atoms in total. The number of nitrogens with zero attached hydrogens (tertiary/aromatic N) is 1. The molecule has 1 atom stereocenters. The zero-order chi connectivity index (χ0) is 14.7. The zero-order valence-electron chi connectivity index (χ0n) is 11.1. The summed E-state index contributed by atoms with van der Waals surface area (Å²) in [6.45, 7) is 0.688. The summed E-state index contributed by atoms with van der Waals surface area (Å²) < 4.78 is 5.03. The third-order valence-electron chi connectivity index (χ3n) is 3.34. The fraction of sp³-hybridized carbons (Fsp3) is 0.462. The Morgan fingerprint density at radius 1 is 1.50 bits per heavy atom. The number of hydrogen-bond donors (Lipinski definition) is 2. The second kappa shape index (κ2) is 5.77. The van der Waals surface area contributed by atoms with E-state index in [9.17, 15) is 14.4 Å². The lowest BCUT2D eigenvalue weighted by Crippen LogP contribution is -2.41. The summed E-state index contributed by atoms with van der Waals surface area (Å²) in [5.74, 6) is -1.52. The van der Waals surface area contributed by atoms with Gasteiger partial charge >= 0.3 is 5.97 Å². The van der Waals surface area contributed by atoms with Gasteiger partial charge in [0.25, 0.3) is 0 Å². The van der Waals surface area contributed by atoms with Crippen molar-refractivity contribution in [1.82, 2.24) is 10.2 Å². The fourth-order valence-corrected chi connectivity index (χ4v) is 2.07. The van der Waals surface area contributed by atoms with E-state index in [4.69, 9.17) is 9.52 Å². The molecule has 2 amide bonds. The van der Waals surface area contributed by atoms with Gasteiger partial charge in [-0.15, -0.1) is 0 Å². The summed E-state index contributed by atoms with van der Waals surface area (Å²) >= 11 is 0. The van der Waals surface area contributed by atoms with Crippen LogP contribution in [0.5, 0.6) is 0 Å². The molecule has 1 aromatic rings. The van der Waals surface area contributed by atoms with Crippen molar-refractivity contribution in [1.29, 1.82) is 0 Å². The second-order valence-corrected chi connectivity index (χ2v) is 4.79. The molecule has 0 radical (unpaired) electrons. The van der Waals surface area contributed by atoms with Crippen molar-refractivity contribution < 1.29 is 23.9 Å². The van der Waals surface area contributed by atoms with E-state index in [1.807, 2.05) is 0 Å². The maximum Gasteiger partial charge on any atom is 0.371 e. The van der Waals surface area contributed by atoms with Gasteiger partial charge in [0, 0.05) is 25.9 Å². The van der Waals surface area contributed by atoms with Crippen LogP contribution in [0.2, 0.25) is 0 Å². The molecule has 1 fully saturated rings. The molecule has 1 aliphatic rings. The number of rotatable bonds is 4. The first kappa shape index (κ1) is 14.1. The number of hydrogen-bond acceptors (Lipinski definition) is 4. The first-order valence-corrected chi connectivity index (χ1v) is 6.31. The number of carbonyl (C=O) groups is 3. The lowest BCUT2D eigenvalue weighted by atomic mass is 9.95. The van der Waals surface area contributed by atoms with Crippen LogP contribution in [-0.4, -0.2) is 41.4 Å². The lowest BCUT2D eigenvalue weighted by Gasteiger charge is -2.27. The van der Waals surface area contributed by atoms with E-state index < -0.39 is 5.97 Å². The average Bonchev–Trinajstić information content (AvgIpc) is 2.88. The van der Waals surface area contributed by atoms with Crippen molar-refractivity contribution in [2.24, 2.45) is 5.92 Å². The van der Waals surface area contributed by atoms with Gasteiger partial charge in [-0.1, -0.05) is 0 Å². The first-order valence-electron chi connectivity index (χ1n) is 6.31. The van der Waals surface area contributed by atoms with Crippen LogP contribution in [0.1, 0.15) is 29.2 Å². The molecule has 2 rings (SSSR count). The van der Waals surface area contributed by atoms with E-state index in [0.717, 1.165) is 0 Å². The van der Waals surface area contributed by atoms with Gasteiger partial charge < -0.3 is 19.7 Å². The minimum atomic E-state index is -1.15. The quantitative estimate of drug-likeness (QED) is 0.834. The average molecular weight is 280 g/mol. The van der Waals surface area contributed by atoms with Gasteiger partial charge in [0.2, 0.25) is 17.6 Å². The third-order valence-corrected chi connectivity index (χ3v) is 3.34. The van der Waals surface area contributed by atoms with Crippen molar-refractivity contribution in [3.8, 4) is 0 Å². The first-order chi connectivity index (χ1) is 9.47. The van der Waals surface area contributed by atoms with E-state index in [0.29, 0.717) is 18.7 Å². The van der Waals surface area contributed by atoms with Gasteiger partial charge in [0.05, 0.1) is 6.54 Å². The standard InChI is InChI=1S/C13H16N2O5/c1-15-5-4-8(6-11(15)16)12(17)14-7-9-2-3-10(20-9)13(18)19/h2-3,8H,4-7H2,1H3,(H,14,17)(H,18,19)/t8-/m1/s1. The van der Waals surface area contributed by atoms with Crippen LogP contribution in [0.15, 0.2) is 16.5 Å². The topological polar surface area (TPSA) is 99.8 Å². The highest BCUT2D eigenvalue weighted by Gasteiger charge is 2.28. The normalized spacial score (nSPS) is 18.9. The number of furan rings is 1. The zero-order valence-corrected chi connectivity index (χ0v) is 11.1. The molecule has 0 unspecified atom stereocenters. The molecule has 2 N–H and O–H groups in total. The van der Waals surface area contributed by atoms with Gasteiger partial charge in [-0.05, 0) is 18.6 Å². The maximum absolute atomic E-state index is 11.9. The number of amides is 2. The highest BCUT2D eigenvalue weighted by atomic mass is 16.4. The van der Waals surface area contributed by atoms with Gasteiger partial charge in [-0.3, -0.25) is 9.59 Å². The van der Waals surface area contributed by atoms with Crippen molar-refractivity contribution in [2.75, 3.05) is 13.6 Å². The van der Waals surface area contributed by atoms with Crippen molar-refractivity contribution in [3.63, 3.8) is 0 Å². The number of nitrogens with one attached hydrogen (secondary N) is 1. The SMILES string of the molecule is CN1CC[C@@H](C(=O)NCc2ccc(C(=O)O)o2)CC1=O. The number of likely N-dealkylation sites (tertiary alicyclic amines) is 1. The highest BCUT2D eigenvalue weighted by Crippen LogP contribution is 2.17. The van der Waals surface area contributed by atoms with Crippen LogP contribution in [0, 0.1) is 5.92 Å².